The van der Waals surface area contributed by atoms with Gasteiger partial charge in [0.1, 0.15) is 39.8 Å². The Balaban J connectivity index is 1.61. The lowest BCUT2D eigenvalue weighted by molar-refractivity contribution is -0.123. The molecule has 0 fully saturated rings. The average molecular weight is 502 g/mol. The van der Waals surface area contributed by atoms with Crippen LogP contribution in [0.5, 0.6) is 17.2 Å². The van der Waals surface area contributed by atoms with Crippen molar-refractivity contribution >= 4 is 28.4 Å². The molecule has 0 spiro atoms. The molecule has 9 heteroatoms. The summed E-state index contributed by atoms with van der Waals surface area (Å²) in [6.45, 7) is 7.86. The lowest BCUT2D eigenvalue weighted by atomic mass is 9.70. The van der Waals surface area contributed by atoms with E-state index in [2.05, 4.69) is 15.3 Å². The van der Waals surface area contributed by atoms with Gasteiger partial charge in [0, 0.05) is 17.3 Å². The zero-order chi connectivity index (χ0) is 26.8. The van der Waals surface area contributed by atoms with Crippen molar-refractivity contribution in [3.05, 3.63) is 69.9 Å². The fourth-order valence-electron chi connectivity index (χ4n) is 5.20. The summed E-state index contributed by atoms with van der Waals surface area (Å²) >= 11 is 0. The first-order chi connectivity index (χ1) is 17.5. The van der Waals surface area contributed by atoms with Gasteiger partial charge in [-0.1, -0.05) is 19.1 Å². The minimum absolute atomic E-state index is 0.00109. The summed E-state index contributed by atoms with van der Waals surface area (Å²) in [5.74, 6) is -1.84. The van der Waals surface area contributed by atoms with Crippen LogP contribution in [-0.4, -0.2) is 37.5 Å². The third kappa shape index (κ3) is 3.37. The first-order valence-corrected chi connectivity index (χ1v) is 12.0. The summed E-state index contributed by atoms with van der Waals surface area (Å²) in [4.78, 5) is 47.5. The molecule has 2 aliphatic rings. The second-order valence-electron chi connectivity index (χ2n) is 9.63. The maximum Gasteiger partial charge on any atom is 0.194 e. The summed E-state index contributed by atoms with van der Waals surface area (Å²) < 4.78 is 5.82. The molecule has 1 aliphatic carbocycles. The van der Waals surface area contributed by atoms with Crippen LogP contribution < -0.4 is 10.1 Å². The Bertz CT molecular complexity index is 1560. The van der Waals surface area contributed by atoms with Crippen LogP contribution in [0.2, 0.25) is 0 Å². The molecule has 2 aromatic carbocycles. The van der Waals surface area contributed by atoms with E-state index in [0.29, 0.717) is 17.9 Å². The number of fused-ring (bicyclic) bond motifs is 4. The van der Waals surface area contributed by atoms with Gasteiger partial charge >= 0.3 is 0 Å². The molecule has 5 rings (SSSR count). The molecule has 2 unspecified atom stereocenters. The van der Waals surface area contributed by atoms with E-state index in [4.69, 9.17) is 4.74 Å². The first kappa shape index (κ1) is 24.3. The minimum Gasteiger partial charge on any atom is -0.507 e. The maximum absolute atomic E-state index is 14.0. The number of ketones is 3. The summed E-state index contributed by atoms with van der Waals surface area (Å²) in [6.07, 6.45) is 1.83. The molecule has 9 nitrogen and oxygen atoms in total. The number of nitrogens with one attached hydrogen (secondary N) is 2. The molecule has 0 bridgehead atoms. The van der Waals surface area contributed by atoms with Crippen LogP contribution in [0.3, 0.4) is 0 Å². The van der Waals surface area contributed by atoms with Crippen LogP contribution in [-0.2, 0) is 15.0 Å². The molecule has 37 heavy (non-hydrogen) atoms. The van der Waals surface area contributed by atoms with E-state index in [1.165, 1.54) is 19.9 Å². The molecule has 0 saturated heterocycles. The third-order valence-electron chi connectivity index (χ3n) is 7.30. The number of para-hydroxylation sites is 2. The van der Waals surface area contributed by atoms with Crippen molar-refractivity contribution in [1.29, 1.82) is 0 Å². The van der Waals surface area contributed by atoms with Gasteiger partial charge in [0.15, 0.2) is 17.3 Å². The van der Waals surface area contributed by atoms with Crippen molar-refractivity contribution in [2.24, 2.45) is 0 Å². The summed E-state index contributed by atoms with van der Waals surface area (Å²) in [5.41, 5.74) is 0.378. The lowest BCUT2D eigenvalue weighted by Gasteiger charge is -2.29. The molecule has 2 heterocycles. The number of carbonyl (C=O) groups excluding carboxylic acids is 3. The van der Waals surface area contributed by atoms with E-state index in [9.17, 15) is 24.6 Å². The van der Waals surface area contributed by atoms with E-state index < -0.39 is 28.5 Å². The maximum atomic E-state index is 14.0. The fraction of sp³-hybridized carbons (Fsp3) is 0.286. The second-order valence-corrected chi connectivity index (χ2v) is 9.63. The molecule has 2 atom stereocenters. The Morgan fingerprint density at radius 1 is 1.19 bits per heavy atom. The quantitative estimate of drug-likeness (QED) is 0.232. The number of hydrogen-bond acceptors (Lipinski definition) is 8. The zero-order valence-electron chi connectivity index (χ0n) is 21.1. The van der Waals surface area contributed by atoms with Gasteiger partial charge in [-0.2, -0.15) is 0 Å². The van der Waals surface area contributed by atoms with Crippen molar-refractivity contribution in [1.82, 2.24) is 15.3 Å². The molecular weight excluding hydrogens is 474 g/mol. The molecule has 190 valence electrons. The summed E-state index contributed by atoms with van der Waals surface area (Å²) in [7, 11) is 0. The van der Waals surface area contributed by atoms with Gasteiger partial charge in [-0.05, 0) is 46.2 Å². The highest BCUT2D eigenvalue weighted by Crippen LogP contribution is 2.57. The molecular formula is C28H27N3O6. The molecule has 1 aliphatic heterocycles. The summed E-state index contributed by atoms with van der Waals surface area (Å²) in [5, 5.41) is 24.8. The second kappa shape index (κ2) is 8.33. The van der Waals surface area contributed by atoms with E-state index >= 15 is 0 Å². The largest absolute Gasteiger partial charge is 0.507 e. The number of benzene rings is 2. The molecule has 0 amide bonds. The first-order valence-electron chi connectivity index (χ1n) is 12.0. The number of phenolic OH excluding ortho intramolecular Hbond substituents is 2. The van der Waals surface area contributed by atoms with Crippen LogP contribution in [0.15, 0.2) is 47.4 Å². The minimum atomic E-state index is -1.56. The predicted molar refractivity (Wildman–Crippen MR) is 136 cm³/mol. The molecule has 3 aromatic rings. The van der Waals surface area contributed by atoms with Crippen LogP contribution in [0.4, 0.5) is 0 Å². The number of aromatic nitrogens is 2. The smallest absolute Gasteiger partial charge is 0.194 e. The fourth-order valence-corrected chi connectivity index (χ4v) is 5.20. The van der Waals surface area contributed by atoms with Gasteiger partial charge in [0.2, 0.25) is 0 Å². The van der Waals surface area contributed by atoms with Crippen LogP contribution in [0.1, 0.15) is 67.5 Å². The number of allylic oxidation sites excluding steroid dienone is 4. The number of aromatic amines is 1. The lowest BCUT2D eigenvalue weighted by Crippen LogP contribution is -2.41. The SMILES string of the molecule is CCC(NC(C)=C1C(=O)C=C2Oc3c(C(C)=O)c(O)c(C)c(O)c3C2(C)C1=O)c1nc2ccccc2[nH]1. The third-order valence-corrected chi connectivity index (χ3v) is 7.30. The van der Waals surface area contributed by atoms with E-state index in [1.807, 2.05) is 31.2 Å². The highest BCUT2D eigenvalue weighted by atomic mass is 16.5. The van der Waals surface area contributed by atoms with E-state index in [-0.39, 0.29) is 45.6 Å². The zero-order valence-corrected chi connectivity index (χ0v) is 21.1. The Kier molecular flexibility index (Phi) is 5.47. The Hall–Kier alpha value is -4.40. The number of aromatic hydroxyl groups is 2. The van der Waals surface area contributed by atoms with Crippen molar-refractivity contribution in [2.75, 3.05) is 0 Å². The topological polar surface area (TPSA) is 142 Å². The van der Waals surface area contributed by atoms with Gasteiger partial charge in [0.05, 0.1) is 28.2 Å². The van der Waals surface area contributed by atoms with E-state index in [1.54, 1.807) is 13.8 Å². The number of carbonyl (C=O) groups is 3. The number of Topliss-reactive ketones (excluding diaryl/α,β-unsaturated/α-hetero) is 2. The molecule has 4 N–H and O–H groups in total. The molecule has 1 aromatic heterocycles. The number of ether oxygens (including phenoxy) is 1. The Morgan fingerprint density at radius 2 is 1.89 bits per heavy atom. The van der Waals surface area contributed by atoms with Gasteiger partial charge in [0.25, 0.3) is 0 Å². The van der Waals surface area contributed by atoms with Crippen molar-refractivity contribution in [3.63, 3.8) is 0 Å². The molecule has 0 saturated carbocycles. The normalized spacial score (nSPS) is 20.7. The van der Waals surface area contributed by atoms with Crippen LogP contribution in [0.25, 0.3) is 11.0 Å². The van der Waals surface area contributed by atoms with Gasteiger partial charge in [-0.3, -0.25) is 14.4 Å². The molecule has 0 radical (unpaired) electrons. The van der Waals surface area contributed by atoms with Crippen molar-refractivity contribution < 1.29 is 29.3 Å². The van der Waals surface area contributed by atoms with Crippen LogP contribution >= 0.6 is 0 Å². The number of rotatable bonds is 5. The van der Waals surface area contributed by atoms with Gasteiger partial charge in [-0.15, -0.1) is 0 Å². The average Bonchev–Trinajstić information content (AvgIpc) is 3.40. The van der Waals surface area contributed by atoms with Crippen molar-refractivity contribution in [3.8, 4) is 17.2 Å². The van der Waals surface area contributed by atoms with Gasteiger partial charge in [-0.25, -0.2) is 4.98 Å². The Morgan fingerprint density at radius 3 is 2.54 bits per heavy atom. The van der Waals surface area contributed by atoms with Crippen LogP contribution in [0, 0.1) is 6.92 Å². The predicted octanol–water partition coefficient (Wildman–Crippen LogP) is 4.19. The number of phenols is 2. The number of imidazole rings is 1. The summed E-state index contributed by atoms with van der Waals surface area (Å²) in [6, 6.07) is 7.32. The highest BCUT2D eigenvalue weighted by molar-refractivity contribution is 6.31. The monoisotopic (exact) mass is 501 g/mol. The Labute approximate surface area is 212 Å². The standard InChI is InChI=1S/C28H27N3O6/c1-6-15(27-30-16-9-7-8-10-17(16)31-27)29-13(3)20-18(33)11-19-28(5,26(20)36)22-24(35)12(2)23(34)21(14(4)32)25(22)37-19/h7-11,15,29,34-35H,6H2,1-5H3,(H,30,31). The van der Waals surface area contributed by atoms with Gasteiger partial charge < -0.3 is 25.3 Å². The van der Waals surface area contributed by atoms with E-state index in [0.717, 1.165) is 11.0 Å². The highest BCUT2D eigenvalue weighted by Gasteiger charge is 2.56. The number of H-pyrrole nitrogens is 1. The number of hydrogen-bond donors (Lipinski definition) is 4. The number of nitrogens with zero attached hydrogens (tertiary/aromatic N) is 1. The van der Waals surface area contributed by atoms with Crippen molar-refractivity contribution in [2.45, 2.75) is 52.5 Å².